The van der Waals surface area contributed by atoms with Gasteiger partial charge in [-0.2, -0.15) is 0 Å². The lowest BCUT2D eigenvalue weighted by Gasteiger charge is -2.37. The number of rotatable bonds is 7. The highest BCUT2D eigenvalue weighted by Gasteiger charge is 2.28. The zero-order valence-electron chi connectivity index (χ0n) is 18.8. The van der Waals surface area contributed by atoms with Gasteiger partial charge in [-0.25, -0.2) is 17.5 Å². The van der Waals surface area contributed by atoms with Crippen LogP contribution in [0.1, 0.15) is 23.2 Å². The monoisotopic (exact) mass is 511 g/mol. The zero-order valence-corrected chi connectivity index (χ0v) is 20.4. The molecule has 2 aliphatic heterocycles. The van der Waals surface area contributed by atoms with Crippen molar-refractivity contribution in [3.05, 3.63) is 52.8 Å². The summed E-state index contributed by atoms with van der Waals surface area (Å²) >= 11 is 6.05. The molecular formula is C23H27ClFN3O5S. The van der Waals surface area contributed by atoms with Gasteiger partial charge in [0.2, 0.25) is 10.0 Å². The lowest BCUT2D eigenvalue weighted by molar-refractivity contribution is 0.0742. The average Bonchev–Trinajstić information content (AvgIpc) is 3.36. The van der Waals surface area contributed by atoms with Crippen LogP contribution in [-0.4, -0.2) is 71.8 Å². The van der Waals surface area contributed by atoms with Crippen molar-refractivity contribution in [3.63, 3.8) is 0 Å². The van der Waals surface area contributed by atoms with Gasteiger partial charge in [-0.1, -0.05) is 17.7 Å². The van der Waals surface area contributed by atoms with E-state index in [4.69, 9.17) is 21.1 Å². The molecule has 0 saturated carbocycles. The third-order valence-corrected chi connectivity index (χ3v) is 7.81. The summed E-state index contributed by atoms with van der Waals surface area (Å²) in [5.41, 5.74) is 0.471. The standard InChI is InChI=1S/C23H27ClFN3O5S/c1-32-21-8-7-17(34(30,31)26-15-16-4-3-13-33-16)14-20(21)27-9-11-28(12-10-27)23(29)22-18(24)5-2-6-19(22)25/h2,5-8,14,16,26H,3-4,9-13,15H2,1H3. The first-order valence-electron chi connectivity index (χ1n) is 11.1. The quantitative estimate of drug-likeness (QED) is 0.615. The van der Waals surface area contributed by atoms with Crippen molar-refractivity contribution in [1.29, 1.82) is 0 Å². The highest BCUT2D eigenvalue weighted by atomic mass is 35.5. The molecule has 34 heavy (non-hydrogen) atoms. The number of hydrogen-bond acceptors (Lipinski definition) is 6. The van der Waals surface area contributed by atoms with Crippen LogP contribution in [-0.2, 0) is 14.8 Å². The fourth-order valence-corrected chi connectivity index (χ4v) is 5.52. The Balaban J connectivity index is 1.47. The van der Waals surface area contributed by atoms with E-state index < -0.39 is 21.7 Å². The molecule has 184 valence electrons. The van der Waals surface area contributed by atoms with Gasteiger partial charge in [-0.3, -0.25) is 4.79 Å². The first kappa shape index (κ1) is 24.7. The molecule has 1 amide bonds. The molecule has 2 aromatic rings. The molecule has 4 rings (SSSR count). The molecule has 2 heterocycles. The van der Waals surface area contributed by atoms with Gasteiger partial charge in [0.1, 0.15) is 11.6 Å². The first-order chi connectivity index (χ1) is 16.3. The first-order valence-corrected chi connectivity index (χ1v) is 12.9. The van der Waals surface area contributed by atoms with E-state index in [-0.39, 0.29) is 28.1 Å². The number of piperazine rings is 1. The van der Waals surface area contributed by atoms with E-state index >= 15 is 0 Å². The van der Waals surface area contributed by atoms with E-state index in [1.165, 1.54) is 36.3 Å². The molecule has 1 N–H and O–H groups in total. The van der Waals surface area contributed by atoms with Crippen LogP contribution in [0.25, 0.3) is 0 Å². The van der Waals surface area contributed by atoms with E-state index in [1.807, 2.05) is 4.90 Å². The maximum absolute atomic E-state index is 14.2. The van der Waals surface area contributed by atoms with Gasteiger partial charge in [0.05, 0.1) is 34.4 Å². The van der Waals surface area contributed by atoms with E-state index in [1.54, 1.807) is 12.1 Å². The number of halogens is 2. The fraction of sp³-hybridized carbons (Fsp3) is 0.435. The number of nitrogens with zero attached hydrogens (tertiary/aromatic N) is 2. The lowest BCUT2D eigenvalue weighted by atomic mass is 10.1. The number of carbonyl (C=O) groups excluding carboxylic acids is 1. The molecule has 0 aromatic heterocycles. The number of amides is 1. The second-order valence-electron chi connectivity index (χ2n) is 8.20. The van der Waals surface area contributed by atoms with Crippen molar-refractivity contribution in [2.24, 2.45) is 0 Å². The van der Waals surface area contributed by atoms with Crippen LogP contribution < -0.4 is 14.4 Å². The third-order valence-electron chi connectivity index (χ3n) is 6.07. The summed E-state index contributed by atoms with van der Waals surface area (Å²) in [7, 11) is -2.22. The molecule has 8 nitrogen and oxygen atoms in total. The predicted octanol–water partition coefficient (Wildman–Crippen LogP) is 2.91. The van der Waals surface area contributed by atoms with Gasteiger partial charge in [0, 0.05) is 39.3 Å². The number of hydrogen-bond donors (Lipinski definition) is 1. The summed E-state index contributed by atoms with van der Waals surface area (Å²) in [6.45, 7) is 2.35. The van der Waals surface area contributed by atoms with Gasteiger partial charge in [0.15, 0.2) is 0 Å². The third kappa shape index (κ3) is 5.30. The predicted molar refractivity (Wildman–Crippen MR) is 127 cm³/mol. The molecule has 1 unspecified atom stereocenters. The second kappa shape index (κ2) is 10.5. The molecule has 2 fully saturated rings. The summed E-state index contributed by atoms with van der Waals surface area (Å²) in [6, 6.07) is 8.83. The van der Waals surface area contributed by atoms with Gasteiger partial charge in [0.25, 0.3) is 5.91 Å². The van der Waals surface area contributed by atoms with E-state index in [9.17, 15) is 17.6 Å². The number of carbonyl (C=O) groups is 1. The molecule has 2 aliphatic rings. The van der Waals surface area contributed by atoms with Crippen molar-refractivity contribution in [3.8, 4) is 5.75 Å². The van der Waals surface area contributed by atoms with E-state index in [2.05, 4.69) is 4.72 Å². The molecule has 2 aromatic carbocycles. The number of sulfonamides is 1. The van der Waals surface area contributed by atoms with Gasteiger partial charge >= 0.3 is 0 Å². The molecule has 0 aliphatic carbocycles. The van der Waals surface area contributed by atoms with Crippen molar-refractivity contribution in [2.75, 3.05) is 51.3 Å². The highest BCUT2D eigenvalue weighted by Crippen LogP contribution is 2.32. The molecule has 0 spiro atoms. The van der Waals surface area contributed by atoms with Crippen LogP contribution in [0, 0.1) is 5.82 Å². The molecule has 1 atom stereocenters. The van der Waals surface area contributed by atoms with Crippen molar-refractivity contribution < 1.29 is 27.1 Å². The second-order valence-corrected chi connectivity index (χ2v) is 10.4. The molecule has 0 radical (unpaired) electrons. The van der Waals surface area contributed by atoms with Gasteiger partial charge in [-0.15, -0.1) is 0 Å². The summed E-state index contributed by atoms with van der Waals surface area (Å²) in [5.74, 6) is -0.602. The molecule has 11 heteroatoms. The molecule has 2 saturated heterocycles. The van der Waals surface area contributed by atoms with Gasteiger partial charge in [-0.05, 0) is 43.2 Å². The van der Waals surface area contributed by atoms with Crippen LogP contribution in [0.4, 0.5) is 10.1 Å². The van der Waals surface area contributed by atoms with E-state index in [0.717, 1.165) is 12.8 Å². The molecule has 0 bridgehead atoms. The Bertz CT molecular complexity index is 1130. The fourth-order valence-electron chi connectivity index (χ4n) is 4.19. The largest absolute Gasteiger partial charge is 0.495 e. The van der Waals surface area contributed by atoms with E-state index in [0.29, 0.717) is 44.2 Å². The molecular weight excluding hydrogens is 485 g/mol. The summed E-state index contributed by atoms with van der Waals surface area (Å²) in [4.78, 5) is 16.4. The highest BCUT2D eigenvalue weighted by molar-refractivity contribution is 7.89. The Hall–Kier alpha value is -2.40. The Morgan fingerprint density at radius 1 is 1.24 bits per heavy atom. The number of ether oxygens (including phenoxy) is 2. The summed E-state index contributed by atoms with van der Waals surface area (Å²) in [6.07, 6.45) is 1.65. The van der Waals surface area contributed by atoms with Crippen LogP contribution in [0.2, 0.25) is 5.02 Å². The van der Waals surface area contributed by atoms with Crippen LogP contribution in [0.5, 0.6) is 5.75 Å². The summed E-state index contributed by atoms with van der Waals surface area (Å²) < 4.78 is 53.5. The van der Waals surface area contributed by atoms with Crippen LogP contribution in [0.3, 0.4) is 0 Å². The smallest absolute Gasteiger partial charge is 0.258 e. The lowest BCUT2D eigenvalue weighted by Crippen LogP contribution is -2.49. The topological polar surface area (TPSA) is 88.2 Å². The Morgan fingerprint density at radius 3 is 2.65 bits per heavy atom. The average molecular weight is 512 g/mol. The minimum Gasteiger partial charge on any atom is -0.495 e. The normalized spacial score (nSPS) is 18.9. The maximum Gasteiger partial charge on any atom is 0.258 e. The van der Waals surface area contributed by atoms with Crippen LogP contribution in [0.15, 0.2) is 41.3 Å². The Labute approximate surface area is 203 Å². The minimum atomic E-state index is -3.74. The van der Waals surface area contributed by atoms with Crippen molar-refractivity contribution in [1.82, 2.24) is 9.62 Å². The van der Waals surface area contributed by atoms with Crippen LogP contribution >= 0.6 is 11.6 Å². The number of methoxy groups -OCH3 is 1. The number of nitrogens with one attached hydrogen (secondary N) is 1. The Morgan fingerprint density at radius 2 is 2.00 bits per heavy atom. The Kier molecular flexibility index (Phi) is 7.61. The maximum atomic E-state index is 14.2. The summed E-state index contributed by atoms with van der Waals surface area (Å²) in [5, 5.41) is 0.0718. The zero-order chi connectivity index (χ0) is 24.3. The SMILES string of the molecule is COc1ccc(S(=O)(=O)NCC2CCCO2)cc1N1CCN(C(=O)c2c(F)cccc2Cl)CC1. The number of anilines is 1. The van der Waals surface area contributed by atoms with Crippen molar-refractivity contribution in [2.45, 2.75) is 23.8 Å². The minimum absolute atomic E-state index is 0.0718. The number of benzene rings is 2. The van der Waals surface area contributed by atoms with Gasteiger partial charge < -0.3 is 19.3 Å². The van der Waals surface area contributed by atoms with Crippen molar-refractivity contribution >= 4 is 33.2 Å².